The second-order valence-electron chi connectivity index (χ2n) is 17.5. The summed E-state index contributed by atoms with van der Waals surface area (Å²) < 4.78 is 18.6. The van der Waals surface area contributed by atoms with Crippen LogP contribution in [-0.2, 0) is 0 Å². The number of furan rings is 2. The molecule has 15 rings (SSSR count). The molecule has 4 heteroatoms. The summed E-state index contributed by atoms with van der Waals surface area (Å²) in [5.74, 6) is 0. The second kappa shape index (κ2) is 13.3. The molecule has 0 aliphatic rings. The van der Waals surface area contributed by atoms with E-state index in [1.807, 2.05) is 12.1 Å². The molecule has 0 aliphatic carbocycles. The Kier molecular flexibility index (Phi) is 7.19. The summed E-state index contributed by atoms with van der Waals surface area (Å²) >= 11 is 0. The van der Waals surface area contributed by atoms with Gasteiger partial charge in [-0.05, 0) is 111 Å². The van der Waals surface area contributed by atoms with E-state index in [0.717, 1.165) is 99.2 Å². The lowest BCUT2D eigenvalue weighted by molar-refractivity contribution is 0.669. The zero-order valence-corrected chi connectivity index (χ0v) is 35.5. The lowest BCUT2D eigenvalue weighted by Crippen LogP contribution is -1.96. The van der Waals surface area contributed by atoms with Crippen LogP contribution in [0.5, 0.6) is 0 Å². The van der Waals surface area contributed by atoms with Crippen molar-refractivity contribution in [2.24, 2.45) is 0 Å². The van der Waals surface area contributed by atoms with Gasteiger partial charge >= 0.3 is 0 Å². The highest BCUT2D eigenvalue weighted by molar-refractivity contribution is 6.39. The smallest absolute Gasteiger partial charge is 0.147 e. The molecule has 0 amide bonds. The predicted octanol–water partition coefficient (Wildman–Crippen LogP) is 17.3. The maximum atomic E-state index is 7.18. The van der Waals surface area contributed by atoms with Crippen molar-refractivity contribution in [1.29, 1.82) is 0 Å². The number of hydrogen-bond donors (Lipinski definition) is 0. The number of fused-ring (bicyclic) bond motifs is 17. The van der Waals surface area contributed by atoms with Crippen LogP contribution in [0.3, 0.4) is 0 Å². The number of para-hydroxylation sites is 5. The van der Waals surface area contributed by atoms with Crippen LogP contribution in [0, 0.1) is 0 Å². The van der Waals surface area contributed by atoms with Gasteiger partial charge in [0.1, 0.15) is 22.3 Å². The summed E-state index contributed by atoms with van der Waals surface area (Å²) in [5.41, 5.74) is 15.0. The summed E-state index contributed by atoms with van der Waals surface area (Å²) in [6.45, 7) is 0. The first kappa shape index (κ1) is 35.6. The van der Waals surface area contributed by atoms with E-state index < -0.39 is 0 Å². The van der Waals surface area contributed by atoms with Crippen molar-refractivity contribution in [3.63, 3.8) is 0 Å². The van der Waals surface area contributed by atoms with Crippen molar-refractivity contribution in [2.45, 2.75) is 0 Å². The zero-order chi connectivity index (χ0) is 43.0. The van der Waals surface area contributed by atoms with Crippen LogP contribution in [0.2, 0.25) is 0 Å². The van der Waals surface area contributed by atoms with Gasteiger partial charge in [0.25, 0.3) is 0 Å². The molecule has 4 nitrogen and oxygen atoms in total. The maximum Gasteiger partial charge on any atom is 0.147 e. The van der Waals surface area contributed by atoms with Gasteiger partial charge in [-0.2, -0.15) is 0 Å². The number of nitrogens with zero attached hydrogens (tertiary/aromatic N) is 2. The minimum atomic E-state index is 0.872. The third-order valence-electron chi connectivity index (χ3n) is 14.1. The first-order valence-electron chi connectivity index (χ1n) is 22.6. The van der Waals surface area contributed by atoms with Crippen LogP contribution in [0.1, 0.15) is 0 Å². The molecule has 0 radical (unpaired) electrons. The molecule has 0 saturated heterocycles. The fourth-order valence-corrected chi connectivity index (χ4v) is 11.4. The van der Waals surface area contributed by atoms with Gasteiger partial charge in [-0.1, -0.05) is 152 Å². The lowest BCUT2D eigenvalue weighted by Gasteiger charge is -2.18. The first-order chi connectivity index (χ1) is 32.8. The molecule has 11 aromatic carbocycles. The van der Waals surface area contributed by atoms with E-state index in [-0.39, 0.29) is 0 Å². The molecule has 0 saturated carbocycles. The average molecular weight is 841 g/mol. The average Bonchev–Trinajstić information content (AvgIpc) is 4.13. The van der Waals surface area contributed by atoms with Crippen molar-refractivity contribution in [3.05, 3.63) is 218 Å². The third-order valence-corrected chi connectivity index (χ3v) is 14.1. The van der Waals surface area contributed by atoms with E-state index in [1.54, 1.807) is 0 Å². The Morgan fingerprint density at radius 3 is 1.33 bits per heavy atom. The Balaban J connectivity index is 1.10. The fraction of sp³-hybridized carbons (Fsp3) is 0. The van der Waals surface area contributed by atoms with Gasteiger partial charge in [-0.25, -0.2) is 0 Å². The van der Waals surface area contributed by atoms with Crippen LogP contribution in [0.15, 0.2) is 227 Å². The summed E-state index contributed by atoms with van der Waals surface area (Å²) in [5, 5.41) is 13.9. The van der Waals surface area contributed by atoms with Crippen LogP contribution in [-0.4, -0.2) is 9.13 Å². The van der Waals surface area contributed by atoms with E-state index in [2.05, 4.69) is 215 Å². The summed E-state index contributed by atoms with van der Waals surface area (Å²) in [6.07, 6.45) is 0. The van der Waals surface area contributed by atoms with Crippen molar-refractivity contribution < 1.29 is 8.83 Å². The highest BCUT2D eigenvalue weighted by atomic mass is 16.3. The Labute approximate surface area is 377 Å². The molecule has 0 N–H and O–H groups in total. The Hall–Kier alpha value is -8.86. The summed E-state index contributed by atoms with van der Waals surface area (Å²) in [4.78, 5) is 0. The molecule has 0 atom stereocenters. The molecule has 0 aliphatic heterocycles. The monoisotopic (exact) mass is 840 g/mol. The van der Waals surface area contributed by atoms with E-state index >= 15 is 0 Å². The van der Waals surface area contributed by atoms with Gasteiger partial charge in [0.2, 0.25) is 0 Å². The number of rotatable bonds is 4. The number of hydrogen-bond acceptors (Lipinski definition) is 2. The highest BCUT2D eigenvalue weighted by Gasteiger charge is 2.28. The maximum absolute atomic E-state index is 7.18. The molecule has 306 valence electrons. The van der Waals surface area contributed by atoms with E-state index in [0.29, 0.717) is 0 Å². The molecule has 0 spiro atoms. The molecule has 0 unspecified atom stereocenters. The fourth-order valence-electron chi connectivity index (χ4n) is 11.4. The van der Waals surface area contributed by atoms with Crippen LogP contribution >= 0.6 is 0 Å². The SMILES string of the molecule is c1ccc(-n2c3ccc(-c4c5ccccc5c(-c5ccc6c(c5)oc5ccccc56)c5ccccc45)cc3c3c4oc5ccccc5c4c4c(c5ccccc5n4-c4ccccc4)c32)cc1. The molecule has 4 aromatic heterocycles. The van der Waals surface area contributed by atoms with E-state index in [1.165, 1.54) is 43.4 Å². The first-order valence-corrected chi connectivity index (χ1v) is 22.6. The molecular weight excluding hydrogens is 805 g/mol. The second-order valence-corrected chi connectivity index (χ2v) is 17.5. The topological polar surface area (TPSA) is 36.1 Å². The van der Waals surface area contributed by atoms with Crippen LogP contribution in [0.4, 0.5) is 0 Å². The molecule has 0 fully saturated rings. The summed E-state index contributed by atoms with van der Waals surface area (Å²) in [6, 6.07) is 78.9. The summed E-state index contributed by atoms with van der Waals surface area (Å²) in [7, 11) is 0. The van der Waals surface area contributed by atoms with Gasteiger partial charge in [-0.3, -0.25) is 0 Å². The lowest BCUT2D eigenvalue weighted by atomic mass is 9.85. The quantitative estimate of drug-likeness (QED) is 0.166. The van der Waals surface area contributed by atoms with Gasteiger partial charge in [-0.15, -0.1) is 0 Å². The van der Waals surface area contributed by atoms with Gasteiger partial charge in [0.15, 0.2) is 0 Å². The molecule has 15 aromatic rings. The van der Waals surface area contributed by atoms with Gasteiger partial charge in [0.05, 0.1) is 32.8 Å². The largest absolute Gasteiger partial charge is 0.456 e. The molecule has 0 bridgehead atoms. The van der Waals surface area contributed by atoms with Crippen molar-refractivity contribution in [3.8, 4) is 33.6 Å². The van der Waals surface area contributed by atoms with Gasteiger partial charge < -0.3 is 18.0 Å². The van der Waals surface area contributed by atoms with Crippen molar-refractivity contribution >= 4 is 109 Å². The Morgan fingerprint density at radius 2 is 0.712 bits per heavy atom. The molecule has 66 heavy (non-hydrogen) atoms. The van der Waals surface area contributed by atoms with Crippen molar-refractivity contribution in [1.82, 2.24) is 9.13 Å². The number of aromatic nitrogens is 2. The van der Waals surface area contributed by atoms with E-state index in [4.69, 9.17) is 8.83 Å². The zero-order valence-electron chi connectivity index (χ0n) is 35.5. The Morgan fingerprint density at radius 1 is 0.273 bits per heavy atom. The standard InChI is InChI=1S/C62H36N2O2/c1-3-17-39(18-4-1)63-50-28-14-11-26-47(50)57-60(63)58-48-27-13-16-30-53(48)66-62(58)59-49-35-37(32-34-51(49)64(61(57)59)40-19-5-2-6-20-40)55-43-22-7-9-24-45(43)56(46-25-10-8-23-44(46)55)38-31-33-42-41-21-12-15-29-52(41)65-54(42)36-38/h1-36H. The van der Waals surface area contributed by atoms with Crippen LogP contribution < -0.4 is 0 Å². The molecular formula is C62H36N2O2. The Bertz CT molecular complexity index is 4450. The van der Waals surface area contributed by atoms with E-state index in [9.17, 15) is 0 Å². The van der Waals surface area contributed by atoms with Gasteiger partial charge in [0, 0.05) is 43.7 Å². The predicted molar refractivity (Wildman–Crippen MR) is 276 cm³/mol. The number of benzene rings is 11. The highest BCUT2D eigenvalue weighted by Crippen LogP contribution is 2.51. The molecule has 4 heterocycles. The minimum absolute atomic E-state index is 0.872. The van der Waals surface area contributed by atoms with Crippen LogP contribution in [0.25, 0.3) is 143 Å². The van der Waals surface area contributed by atoms with Crippen molar-refractivity contribution in [2.75, 3.05) is 0 Å². The normalized spacial score (nSPS) is 12.2. The third kappa shape index (κ3) is 4.77. The minimum Gasteiger partial charge on any atom is -0.456 e.